The van der Waals surface area contributed by atoms with E-state index >= 15 is 0 Å². The fourth-order valence-corrected chi connectivity index (χ4v) is 4.47. The molecule has 1 N–H and O–H groups in total. The highest BCUT2D eigenvalue weighted by Gasteiger charge is 2.30. The Morgan fingerprint density at radius 1 is 1.06 bits per heavy atom. The van der Waals surface area contributed by atoms with Gasteiger partial charge in [0.05, 0.1) is 26.6 Å². The molecule has 0 atom stereocenters. The van der Waals surface area contributed by atoms with E-state index in [1.807, 2.05) is 13.8 Å². The number of carbonyl (C=O) groups excluding carboxylic acids is 2. The molecule has 0 aliphatic carbocycles. The van der Waals surface area contributed by atoms with Crippen molar-refractivity contribution in [3.63, 3.8) is 0 Å². The molecule has 0 fully saturated rings. The maximum absolute atomic E-state index is 12.9. The van der Waals surface area contributed by atoms with E-state index in [9.17, 15) is 27.6 Å². The van der Waals surface area contributed by atoms with Gasteiger partial charge in [-0.2, -0.15) is 13.2 Å². The van der Waals surface area contributed by atoms with E-state index in [0.29, 0.717) is 34.2 Å². The Hall–Kier alpha value is -3.47. The van der Waals surface area contributed by atoms with Crippen molar-refractivity contribution in [2.45, 2.75) is 33.9 Å². The molecule has 7 nitrogen and oxygen atoms in total. The van der Waals surface area contributed by atoms with Crippen molar-refractivity contribution in [3.8, 4) is 5.69 Å². The third-order valence-electron chi connectivity index (χ3n) is 5.49. The molecule has 0 saturated heterocycles. The van der Waals surface area contributed by atoms with Crippen LogP contribution in [0, 0.1) is 6.92 Å². The minimum absolute atomic E-state index is 0.134. The second-order valence-corrected chi connectivity index (χ2v) is 8.85. The second kappa shape index (κ2) is 10.4. The van der Waals surface area contributed by atoms with Gasteiger partial charge in [0.25, 0.3) is 11.5 Å². The average Bonchev–Trinajstić information content (AvgIpc) is 3.42. The average molecular weight is 507 g/mol. The number of Topliss-reactive ketones (excluding diaryl/α,β-unsaturated/α-hetero) is 1. The van der Waals surface area contributed by atoms with E-state index in [-0.39, 0.29) is 29.5 Å². The zero-order chi connectivity index (χ0) is 25.9. The van der Waals surface area contributed by atoms with Crippen LogP contribution >= 0.6 is 11.3 Å². The number of alkyl halides is 3. The summed E-state index contributed by atoms with van der Waals surface area (Å²) in [5.74, 6) is -0.422. The van der Waals surface area contributed by atoms with E-state index in [4.69, 9.17) is 0 Å². The molecule has 2 aromatic heterocycles. The summed E-state index contributed by atoms with van der Waals surface area (Å²) in [6.45, 7) is 7.92. The summed E-state index contributed by atoms with van der Waals surface area (Å²) < 4.78 is 39.6. The summed E-state index contributed by atoms with van der Waals surface area (Å²) >= 11 is 1.10. The first-order valence-corrected chi connectivity index (χ1v) is 11.7. The normalized spacial score (nSPS) is 12.1. The molecular weight excluding hydrogens is 481 g/mol. The zero-order valence-electron chi connectivity index (χ0n) is 19.7. The van der Waals surface area contributed by atoms with Crippen LogP contribution in [0.2, 0.25) is 0 Å². The molecule has 0 radical (unpaired) electrons. The van der Waals surface area contributed by atoms with Crippen LogP contribution in [-0.4, -0.2) is 51.7 Å². The number of rotatable bonds is 8. The fraction of sp³-hybridized carbons (Fsp3) is 0.333. The van der Waals surface area contributed by atoms with Crippen molar-refractivity contribution >= 4 is 28.7 Å². The summed E-state index contributed by atoms with van der Waals surface area (Å²) in [6, 6.07) is 7.42. The predicted molar refractivity (Wildman–Crippen MR) is 129 cm³/mol. The first kappa shape index (κ1) is 26.1. The fourth-order valence-electron chi connectivity index (χ4n) is 3.57. The van der Waals surface area contributed by atoms with Gasteiger partial charge in [-0.05, 0) is 64.1 Å². The molecule has 11 heteroatoms. The number of carbonyl (C=O) groups is 2. The van der Waals surface area contributed by atoms with Gasteiger partial charge >= 0.3 is 6.18 Å². The summed E-state index contributed by atoms with van der Waals surface area (Å²) in [5, 5.41) is 2.84. The number of halogens is 3. The molecule has 0 aliphatic heterocycles. The summed E-state index contributed by atoms with van der Waals surface area (Å²) in [7, 11) is 0. The lowest BCUT2D eigenvalue weighted by Gasteiger charge is -2.17. The molecular formula is C24H25F3N4O3S. The van der Waals surface area contributed by atoms with Gasteiger partial charge in [-0.15, -0.1) is 11.3 Å². The molecule has 0 aliphatic rings. The van der Waals surface area contributed by atoms with Crippen LogP contribution in [0.4, 0.5) is 13.2 Å². The van der Waals surface area contributed by atoms with Crippen LogP contribution in [0.5, 0.6) is 0 Å². The zero-order valence-corrected chi connectivity index (χ0v) is 20.5. The highest BCUT2D eigenvalue weighted by Crippen LogP contribution is 2.29. The number of ketones is 1. The van der Waals surface area contributed by atoms with E-state index < -0.39 is 17.3 Å². The topological polar surface area (TPSA) is 87.5 Å². The quantitative estimate of drug-likeness (QED) is 0.354. The first-order valence-electron chi connectivity index (χ1n) is 10.9. The number of nitrogens with zero attached hydrogens (tertiary/aromatic N) is 3. The number of nitrogens with one attached hydrogen (secondary N) is 1. The molecule has 186 valence electrons. The molecule has 35 heavy (non-hydrogen) atoms. The molecule has 0 unspecified atom stereocenters. The Morgan fingerprint density at radius 2 is 1.66 bits per heavy atom. The Bertz CT molecular complexity index is 1310. The van der Waals surface area contributed by atoms with Gasteiger partial charge in [-0.1, -0.05) is 0 Å². The number of benzene rings is 1. The molecule has 1 amide bonds. The number of aromatic nitrogens is 2. The van der Waals surface area contributed by atoms with Crippen molar-refractivity contribution in [1.29, 1.82) is 0 Å². The van der Waals surface area contributed by atoms with Gasteiger partial charge in [-0.25, -0.2) is 4.68 Å². The largest absolute Gasteiger partial charge is 0.416 e. The number of thiophene rings is 1. The van der Waals surface area contributed by atoms with E-state index in [2.05, 4.69) is 10.1 Å². The molecule has 3 rings (SSSR count). The Balaban J connectivity index is 1.79. The monoisotopic (exact) mass is 506 g/mol. The maximum atomic E-state index is 12.9. The lowest BCUT2D eigenvalue weighted by atomic mass is 10.1. The van der Waals surface area contributed by atoms with Gasteiger partial charge in [0.2, 0.25) is 0 Å². The standard InChI is InChI=1S/C24H25F3N4O3S/c1-5-30(6-2)22(33)20-12-11-19(35-20)18(32)13-28-14(3)21-15(4)29-31(23(21)34)17-9-7-16(8-10-17)24(25,26)27/h7-12,29H,5-6,13H2,1-4H3. The molecule has 0 saturated carbocycles. The second-order valence-electron chi connectivity index (χ2n) is 7.76. The summed E-state index contributed by atoms with van der Waals surface area (Å²) in [5.41, 5.74) is -0.0409. The van der Waals surface area contributed by atoms with Crippen LogP contribution in [0.25, 0.3) is 5.69 Å². The van der Waals surface area contributed by atoms with Crippen molar-refractivity contribution in [2.75, 3.05) is 19.6 Å². The predicted octanol–water partition coefficient (Wildman–Crippen LogP) is 4.73. The van der Waals surface area contributed by atoms with E-state index in [1.54, 1.807) is 30.9 Å². The van der Waals surface area contributed by atoms with Gasteiger partial charge in [-0.3, -0.25) is 24.5 Å². The maximum Gasteiger partial charge on any atom is 0.416 e. The van der Waals surface area contributed by atoms with Gasteiger partial charge < -0.3 is 4.90 Å². The molecule has 2 heterocycles. The summed E-state index contributed by atoms with van der Waals surface area (Å²) in [6.07, 6.45) is -4.47. The number of hydrogen-bond acceptors (Lipinski definition) is 5. The Labute approximate surface area is 203 Å². The smallest absolute Gasteiger partial charge is 0.339 e. The molecule has 1 aromatic carbocycles. The van der Waals surface area contributed by atoms with E-state index in [1.165, 1.54) is 12.1 Å². The number of aryl methyl sites for hydroxylation is 1. The Kier molecular flexibility index (Phi) is 7.79. The van der Waals surface area contributed by atoms with Crippen LogP contribution in [0.3, 0.4) is 0 Å². The van der Waals surface area contributed by atoms with Crippen molar-refractivity contribution < 1.29 is 22.8 Å². The number of H-pyrrole nitrogens is 1. The van der Waals surface area contributed by atoms with Crippen LogP contribution in [0.15, 0.2) is 46.2 Å². The number of amides is 1. The van der Waals surface area contributed by atoms with Crippen molar-refractivity contribution in [2.24, 2.45) is 4.99 Å². The minimum Gasteiger partial charge on any atom is -0.339 e. The Morgan fingerprint density at radius 3 is 2.23 bits per heavy atom. The van der Waals surface area contributed by atoms with Gasteiger partial charge in [0.15, 0.2) is 5.78 Å². The van der Waals surface area contributed by atoms with Crippen molar-refractivity contribution in [1.82, 2.24) is 14.7 Å². The lowest BCUT2D eigenvalue weighted by Crippen LogP contribution is -2.29. The lowest BCUT2D eigenvalue weighted by molar-refractivity contribution is -0.137. The number of aliphatic imine (C=N–C) groups is 1. The highest BCUT2D eigenvalue weighted by atomic mass is 32.1. The number of hydrogen-bond donors (Lipinski definition) is 1. The highest BCUT2D eigenvalue weighted by molar-refractivity contribution is 7.16. The summed E-state index contributed by atoms with van der Waals surface area (Å²) in [4.78, 5) is 44.8. The third-order valence-corrected chi connectivity index (χ3v) is 6.60. The minimum atomic E-state index is -4.47. The van der Waals surface area contributed by atoms with Gasteiger partial charge in [0, 0.05) is 24.5 Å². The van der Waals surface area contributed by atoms with Crippen molar-refractivity contribution in [3.05, 3.63) is 73.3 Å². The molecule has 0 bridgehead atoms. The number of aromatic amines is 1. The molecule has 3 aromatic rings. The van der Waals surface area contributed by atoms with Crippen LogP contribution < -0.4 is 5.56 Å². The molecule has 0 spiro atoms. The van der Waals surface area contributed by atoms with Crippen LogP contribution in [-0.2, 0) is 6.18 Å². The van der Waals surface area contributed by atoms with Crippen LogP contribution in [0.1, 0.15) is 56.9 Å². The van der Waals surface area contributed by atoms with Gasteiger partial charge in [0.1, 0.15) is 6.54 Å². The third kappa shape index (κ3) is 5.61. The first-order chi connectivity index (χ1) is 16.5. The van der Waals surface area contributed by atoms with E-state index in [0.717, 1.165) is 28.2 Å². The SMILES string of the molecule is CCN(CC)C(=O)c1ccc(C(=O)CN=C(C)c2c(C)[nH]n(-c3ccc(C(F)(F)F)cc3)c2=O)s1.